The van der Waals surface area contributed by atoms with Gasteiger partial charge in [0.2, 0.25) is 6.17 Å². The van der Waals surface area contributed by atoms with Crippen LogP contribution in [0.5, 0.6) is 0 Å². The van der Waals surface area contributed by atoms with Crippen molar-refractivity contribution in [1.29, 1.82) is 0 Å². The smallest absolute Gasteiger partial charge is 0.156 e. The van der Waals surface area contributed by atoms with Crippen LogP contribution in [0.4, 0.5) is 4.39 Å². The van der Waals surface area contributed by atoms with Crippen LogP contribution in [0.15, 0.2) is 60.7 Å². The van der Waals surface area contributed by atoms with E-state index in [1.165, 1.54) is 0 Å². The molecular formula is C13H10F+. The number of rotatable bonds is 2. The van der Waals surface area contributed by atoms with Crippen molar-refractivity contribution in [3.63, 3.8) is 0 Å². The minimum atomic E-state index is -0.175. The van der Waals surface area contributed by atoms with Gasteiger partial charge in [-0.05, 0) is 36.4 Å². The summed E-state index contributed by atoms with van der Waals surface area (Å²) in [5.41, 5.74) is 1.25. The van der Waals surface area contributed by atoms with Crippen molar-refractivity contribution in [3.8, 4) is 0 Å². The predicted molar refractivity (Wildman–Crippen MR) is 55.4 cm³/mol. The fourth-order valence-corrected chi connectivity index (χ4v) is 1.34. The van der Waals surface area contributed by atoms with Crippen LogP contribution in [0, 0.1) is 6.17 Å². The maximum Gasteiger partial charge on any atom is 0.219 e. The molecule has 0 nitrogen and oxygen atoms in total. The van der Waals surface area contributed by atoms with Crippen LogP contribution in [0.2, 0.25) is 0 Å². The Morgan fingerprint density at radius 2 is 1.00 bits per heavy atom. The van der Waals surface area contributed by atoms with Crippen molar-refractivity contribution >= 4 is 0 Å². The van der Waals surface area contributed by atoms with E-state index in [-0.39, 0.29) is 6.17 Å². The number of halogens is 1. The van der Waals surface area contributed by atoms with Crippen LogP contribution in [0.3, 0.4) is 0 Å². The van der Waals surface area contributed by atoms with Gasteiger partial charge in [0.05, 0.1) is 0 Å². The largest absolute Gasteiger partial charge is 0.219 e. The highest BCUT2D eigenvalue weighted by molar-refractivity contribution is 5.41. The second-order valence-electron chi connectivity index (χ2n) is 3.05. The second-order valence-corrected chi connectivity index (χ2v) is 3.05. The first-order chi connectivity index (χ1) is 6.88. The Balaban J connectivity index is 2.30. The second kappa shape index (κ2) is 3.97. The van der Waals surface area contributed by atoms with E-state index in [9.17, 15) is 4.39 Å². The molecule has 0 saturated carbocycles. The average molecular weight is 185 g/mol. The lowest BCUT2D eigenvalue weighted by atomic mass is 10.0. The molecular weight excluding hydrogens is 175 g/mol. The van der Waals surface area contributed by atoms with Gasteiger partial charge in [-0.3, -0.25) is 0 Å². The van der Waals surface area contributed by atoms with Gasteiger partial charge in [-0.15, -0.1) is 0 Å². The minimum absolute atomic E-state index is 0.175. The fourth-order valence-electron chi connectivity index (χ4n) is 1.34. The highest BCUT2D eigenvalue weighted by atomic mass is 19.1. The predicted octanol–water partition coefficient (Wildman–Crippen LogP) is 3.58. The van der Waals surface area contributed by atoms with Crippen molar-refractivity contribution in [2.45, 2.75) is 0 Å². The molecule has 0 aliphatic carbocycles. The Bertz CT molecular complexity index is 341. The van der Waals surface area contributed by atoms with E-state index in [1.54, 1.807) is 24.3 Å². The SMILES string of the molecule is F[C+](c1ccccc1)c1ccccc1. The van der Waals surface area contributed by atoms with E-state index in [2.05, 4.69) is 0 Å². The lowest BCUT2D eigenvalue weighted by molar-refractivity contribution is 0.567. The Morgan fingerprint density at radius 3 is 1.36 bits per heavy atom. The Labute approximate surface area is 83.0 Å². The molecule has 0 aromatic heterocycles. The first kappa shape index (κ1) is 8.82. The Kier molecular flexibility index (Phi) is 2.50. The lowest BCUT2D eigenvalue weighted by Crippen LogP contribution is -1.93. The number of benzene rings is 2. The third-order valence-electron chi connectivity index (χ3n) is 2.05. The van der Waals surface area contributed by atoms with Gasteiger partial charge in [0, 0.05) is 24.3 Å². The van der Waals surface area contributed by atoms with E-state index in [4.69, 9.17) is 0 Å². The molecule has 0 fully saturated rings. The van der Waals surface area contributed by atoms with Gasteiger partial charge in [-0.25, -0.2) is 0 Å². The van der Waals surface area contributed by atoms with E-state index in [1.807, 2.05) is 36.4 Å². The van der Waals surface area contributed by atoms with Crippen LogP contribution in [0.1, 0.15) is 11.1 Å². The quantitative estimate of drug-likeness (QED) is 0.627. The van der Waals surface area contributed by atoms with Crippen molar-refractivity contribution in [3.05, 3.63) is 78.0 Å². The molecule has 1 heteroatoms. The lowest BCUT2D eigenvalue weighted by Gasteiger charge is -1.99. The molecule has 2 aromatic rings. The van der Waals surface area contributed by atoms with Gasteiger partial charge in [0.15, 0.2) is 0 Å². The molecule has 14 heavy (non-hydrogen) atoms. The molecule has 0 saturated heterocycles. The molecule has 0 N–H and O–H groups in total. The number of hydrogen-bond donors (Lipinski definition) is 0. The molecule has 0 atom stereocenters. The summed E-state index contributed by atoms with van der Waals surface area (Å²) in [5, 5.41) is 0. The van der Waals surface area contributed by atoms with Crippen molar-refractivity contribution in [2.24, 2.45) is 0 Å². The van der Waals surface area contributed by atoms with Crippen LogP contribution in [-0.4, -0.2) is 0 Å². The maximum absolute atomic E-state index is 13.8. The van der Waals surface area contributed by atoms with Gasteiger partial charge in [0.1, 0.15) is 11.1 Å². The zero-order valence-corrected chi connectivity index (χ0v) is 7.65. The van der Waals surface area contributed by atoms with Gasteiger partial charge in [-0.1, -0.05) is 0 Å². The van der Waals surface area contributed by atoms with Crippen LogP contribution >= 0.6 is 0 Å². The average Bonchev–Trinajstić information content (AvgIpc) is 2.30. The Morgan fingerprint density at radius 1 is 0.643 bits per heavy atom. The zero-order valence-electron chi connectivity index (χ0n) is 7.65. The van der Waals surface area contributed by atoms with Crippen molar-refractivity contribution < 1.29 is 4.39 Å². The normalized spacial score (nSPS) is 9.79. The molecule has 2 aromatic carbocycles. The minimum Gasteiger partial charge on any atom is -0.156 e. The molecule has 0 amide bonds. The third-order valence-corrected chi connectivity index (χ3v) is 2.05. The van der Waals surface area contributed by atoms with Gasteiger partial charge in [-0.2, -0.15) is 4.39 Å². The summed E-state index contributed by atoms with van der Waals surface area (Å²) in [6.07, 6.45) is -0.175. The first-order valence-corrected chi connectivity index (χ1v) is 4.51. The van der Waals surface area contributed by atoms with Crippen molar-refractivity contribution in [2.75, 3.05) is 0 Å². The zero-order chi connectivity index (χ0) is 9.80. The topological polar surface area (TPSA) is 0 Å². The Hall–Kier alpha value is -1.76. The first-order valence-electron chi connectivity index (χ1n) is 4.51. The molecule has 0 spiro atoms. The van der Waals surface area contributed by atoms with Crippen LogP contribution in [-0.2, 0) is 0 Å². The monoisotopic (exact) mass is 185 g/mol. The van der Waals surface area contributed by atoms with Gasteiger partial charge < -0.3 is 0 Å². The molecule has 0 radical (unpaired) electrons. The molecule has 0 bridgehead atoms. The van der Waals surface area contributed by atoms with E-state index in [0.717, 1.165) is 0 Å². The molecule has 0 unspecified atom stereocenters. The summed E-state index contributed by atoms with van der Waals surface area (Å²) < 4.78 is 13.8. The summed E-state index contributed by atoms with van der Waals surface area (Å²) in [6, 6.07) is 18.1. The van der Waals surface area contributed by atoms with Gasteiger partial charge >= 0.3 is 0 Å². The molecule has 0 aliphatic rings. The maximum atomic E-state index is 13.8. The van der Waals surface area contributed by atoms with E-state index in [0.29, 0.717) is 11.1 Å². The van der Waals surface area contributed by atoms with Gasteiger partial charge in [0.25, 0.3) is 0 Å². The number of hydrogen-bond acceptors (Lipinski definition) is 0. The summed E-state index contributed by atoms with van der Waals surface area (Å²) in [6.45, 7) is 0. The summed E-state index contributed by atoms with van der Waals surface area (Å²) >= 11 is 0. The third kappa shape index (κ3) is 1.77. The highest BCUT2D eigenvalue weighted by Crippen LogP contribution is 2.23. The van der Waals surface area contributed by atoms with Crippen molar-refractivity contribution in [1.82, 2.24) is 0 Å². The molecule has 68 valence electrons. The summed E-state index contributed by atoms with van der Waals surface area (Å²) in [4.78, 5) is 0. The highest BCUT2D eigenvalue weighted by Gasteiger charge is 2.18. The molecule has 0 aliphatic heterocycles. The molecule has 0 heterocycles. The van der Waals surface area contributed by atoms with Crippen LogP contribution < -0.4 is 0 Å². The summed E-state index contributed by atoms with van der Waals surface area (Å²) in [7, 11) is 0. The summed E-state index contributed by atoms with van der Waals surface area (Å²) in [5.74, 6) is 0. The van der Waals surface area contributed by atoms with E-state index < -0.39 is 0 Å². The van der Waals surface area contributed by atoms with Crippen LogP contribution in [0.25, 0.3) is 0 Å². The fraction of sp³-hybridized carbons (Fsp3) is 0. The molecule has 2 rings (SSSR count). The van der Waals surface area contributed by atoms with E-state index >= 15 is 0 Å². The standard InChI is InChI=1S/C13H10F/c14-13(11-7-3-1-4-8-11)12-9-5-2-6-10-12/h1-10H/q+1.